The SMILES string of the molecule is CC(C)c1ccc(C(=O)OCCN(CCOC(=O)c2ccc(N(C)C)cc2)C(=O)c2ccc(N(C)C)cc2)cc1. The average Bonchev–Trinajstić information content (AvgIpc) is 2.95. The van der Waals surface area contributed by atoms with E-state index in [-0.39, 0.29) is 32.2 Å². The minimum absolute atomic E-state index is 0.000394. The Morgan fingerprint density at radius 2 is 0.975 bits per heavy atom. The number of anilines is 2. The third-order valence-electron chi connectivity index (χ3n) is 6.54. The molecular weight excluding hydrogens is 506 g/mol. The van der Waals surface area contributed by atoms with Crippen LogP contribution in [0.4, 0.5) is 11.4 Å². The Bertz CT molecular complexity index is 1200. The lowest BCUT2D eigenvalue weighted by Gasteiger charge is -2.23. The van der Waals surface area contributed by atoms with E-state index in [0.717, 1.165) is 16.9 Å². The summed E-state index contributed by atoms with van der Waals surface area (Å²) in [7, 11) is 7.70. The summed E-state index contributed by atoms with van der Waals surface area (Å²) < 4.78 is 10.9. The standard InChI is InChI=1S/C32H39N3O5/c1-23(2)24-7-9-26(10-8-24)31(37)39-21-19-35(30(36)25-11-15-28(16-12-25)33(3)4)20-22-40-32(38)27-13-17-29(18-14-27)34(5)6/h7-18,23H,19-22H2,1-6H3. The van der Waals surface area contributed by atoms with E-state index in [0.29, 0.717) is 22.6 Å². The van der Waals surface area contributed by atoms with Crippen LogP contribution in [0.5, 0.6) is 0 Å². The summed E-state index contributed by atoms with van der Waals surface area (Å²) in [5.41, 5.74) is 4.45. The average molecular weight is 546 g/mol. The van der Waals surface area contributed by atoms with E-state index in [9.17, 15) is 14.4 Å². The van der Waals surface area contributed by atoms with Gasteiger partial charge in [-0.1, -0.05) is 26.0 Å². The molecule has 0 unspecified atom stereocenters. The molecule has 0 bridgehead atoms. The zero-order chi connectivity index (χ0) is 29.2. The van der Waals surface area contributed by atoms with Gasteiger partial charge in [0.1, 0.15) is 13.2 Å². The number of amides is 1. The van der Waals surface area contributed by atoms with Crippen molar-refractivity contribution < 1.29 is 23.9 Å². The van der Waals surface area contributed by atoms with Crippen LogP contribution >= 0.6 is 0 Å². The van der Waals surface area contributed by atoms with Gasteiger partial charge >= 0.3 is 11.9 Å². The molecule has 3 rings (SSSR count). The van der Waals surface area contributed by atoms with Crippen LogP contribution in [0.3, 0.4) is 0 Å². The highest BCUT2D eigenvalue weighted by Gasteiger charge is 2.18. The topological polar surface area (TPSA) is 79.4 Å². The molecule has 0 saturated carbocycles. The van der Waals surface area contributed by atoms with Crippen LogP contribution < -0.4 is 9.80 Å². The molecule has 0 heterocycles. The van der Waals surface area contributed by atoms with E-state index >= 15 is 0 Å². The summed E-state index contributed by atoms with van der Waals surface area (Å²) >= 11 is 0. The van der Waals surface area contributed by atoms with Crippen molar-refractivity contribution in [3.05, 3.63) is 95.1 Å². The second-order valence-corrected chi connectivity index (χ2v) is 10.2. The first-order valence-corrected chi connectivity index (χ1v) is 13.3. The molecule has 8 heteroatoms. The lowest BCUT2D eigenvalue weighted by molar-refractivity contribution is 0.0362. The van der Waals surface area contributed by atoms with E-state index < -0.39 is 11.9 Å². The van der Waals surface area contributed by atoms with E-state index in [1.54, 1.807) is 36.4 Å². The van der Waals surface area contributed by atoms with Crippen molar-refractivity contribution in [1.29, 1.82) is 0 Å². The van der Waals surface area contributed by atoms with Crippen molar-refractivity contribution in [2.45, 2.75) is 19.8 Å². The van der Waals surface area contributed by atoms with E-state index in [1.807, 2.05) is 74.4 Å². The lowest BCUT2D eigenvalue weighted by atomic mass is 10.0. The quantitative estimate of drug-likeness (QED) is 0.293. The summed E-state index contributed by atoms with van der Waals surface area (Å²) in [6.45, 7) is 4.48. The molecule has 0 atom stereocenters. The van der Waals surface area contributed by atoms with Gasteiger partial charge < -0.3 is 24.2 Å². The molecular formula is C32H39N3O5. The number of rotatable bonds is 12. The van der Waals surface area contributed by atoms with Crippen molar-refractivity contribution in [2.24, 2.45) is 0 Å². The van der Waals surface area contributed by atoms with Gasteiger partial charge in [-0.25, -0.2) is 9.59 Å². The predicted molar refractivity (Wildman–Crippen MR) is 159 cm³/mol. The summed E-state index contributed by atoms with van der Waals surface area (Å²) in [5.74, 6) is -0.799. The Morgan fingerprint density at radius 3 is 1.35 bits per heavy atom. The maximum absolute atomic E-state index is 13.3. The monoisotopic (exact) mass is 545 g/mol. The molecule has 212 valence electrons. The minimum atomic E-state index is -0.468. The number of esters is 2. The number of benzene rings is 3. The second-order valence-electron chi connectivity index (χ2n) is 10.2. The summed E-state index contributed by atoms with van der Waals surface area (Å²) in [5, 5.41) is 0. The first kappa shape index (κ1) is 30.2. The molecule has 0 N–H and O–H groups in total. The molecule has 8 nitrogen and oxygen atoms in total. The fourth-order valence-corrected chi connectivity index (χ4v) is 3.96. The molecule has 0 spiro atoms. The summed E-state index contributed by atoms with van der Waals surface area (Å²) in [6, 6.07) is 21.7. The molecule has 0 saturated heterocycles. The van der Waals surface area contributed by atoms with Crippen LogP contribution in [0, 0.1) is 0 Å². The molecule has 3 aromatic carbocycles. The smallest absolute Gasteiger partial charge is 0.338 e. The summed E-state index contributed by atoms with van der Waals surface area (Å²) in [4.78, 5) is 43.9. The van der Waals surface area contributed by atoms with Crippen molar-refractivity contribution in [3.63, 3.8) is 0 Å². The Kier molecular flexibility index (Phi) is 10.7. The van der Waals surface area contributed by atoms with Crippen molar-refractivity contribution in [3.8, 4) is 0 Å². The maximum atomic E-state index is 13.3. The molecule has 0 aliphatic carbocycles. The van der Waals surface area contributed by atoms with Gasteiger partial charge in [0.25, 0.3) is 5.91 Å². The molecule has 0 fully saturated rings. The summed E-state index contributed by atoms with van der Waals surface area (Å²) in [6.07, 6.45) is 0. The Morgan fingerprint density at radius 1 is 0.600 bits per heavy atom. The predicted octanol–water partition coefficient (Wildman–Crippen LogP) is 5.10. The van der Waals surface area contributed by atoms with Gasteiger partial charge in [0.2, 0.25) is 0 Å². The first-order valence-electron chi connectivity index (χ1n) is 13.3. The lowest BCUT2D eigenvalue weighted by Crippen LogP contribution is -2.37. The van der Waals surface area contributed by atoms with Gasteiger partial charge in [0.05, 0.1) is 24.2 Å². The normalized spacial score (nSPS) is 10.7. The van der Waals surface area contributed by atoms with E-state index in [2.05, 4.69) is 13.8 Å². The van der Waals surface area contributed by atoms with Crippen LogP contribution in [-0.4, -0.2) is 77.2 Å². The first-order chi connectivity index (χ1) is 19.1. The van der Waals surface area contributed by atoms with Gasteiger partial charge in [-0.15, -0.1) is 0 Å². The van der Waals surface area contributed by atoms with Gasteiger partial charge in [-0.2, -0.15) is 0 Å². The van der Waals surface area contributed by atoms with Crippen molar-refractivity contribution >= 4 is 29.2 Å². The van der Waals surface area contributed by atoms with Gasteiger partial charge in [0, 0.05) is 45.1 Å². The number of ether oxygens (including phenoxy) is 2. The molecule has 0 radical (unpaired) electrons. The number of carbonyl (C=O) groups is 3. The third kappa shape index (κ3) is 8.33. The Labute approximate surface area is 237 Å². The number of carbonyl (C=O) groups excluding carboxylic acids is 3. The van der Waals surface area contributed by atoms with Gasteiger partial charge in [0.15, 0.2) is 0 Å². The highest BCUT2D eigenvalue weighted by Crippen LogP contribution is 2.17. The molecule has 0 aliphatic heterocycles. The largest absolute Gasteiger partial charge is 0.460 e. The van der Waals surface area contributed by atoms with Crippen LogP contribution in [-0.2, 0) is 9.47 Å². The maximum Gasteiger partial charge on any atom is 0.338 e. The number of hydrogen-bond acceptors (Lipinski definition) is 7. The number of nitrogens with zero attached hydrogens (tertiary/aromatic N) is 3. The fourth-order valence-electron chi connectivity index (χ4n) is 3.96. The van der Waals surface area contributed by atoms with Crippen LogP contribution in [0.1, 0.15) is 56.4 Å². The molecule has 40 heavy (non-hydrogen) atoms. The Balaban J connectivity index is 1.63. The zero-order valence-corrected chi connectivity index (χ0v) is 24.2. The Hall–Kier alpha value is -4.33. The van der Waals surface area contributed by atoms with Crippen LogP contribution in [0.25, 0.3) is 0 Å². The molecule has 1 amide bonds. The molecule has 0 aromatic heterocycles. The van der Waals surface area contributed by atoms with Crippen LogP contribution in [0.2, 0.25) is 0 Å². The molecule has 0 aliphatic rings. The van der Waals surface area contributed by atoms with E-state index in [1.165, 1.54) is 4.90 Å². The number of hydrogen-bond donors (Lipinski definition) is 0. The highest BCUT2D eigenvalue weighted by atomic mass is 16.5. The van der Waals surface area contributed by atoms with Crippen LogP contribution in [0.15, 0.2) is 72.8 Å². The van der Waals surface area contributed by atoms with Crippen molar-refractivity contribution in [2.75, 3.05) is 64.3 Å². The van der Waals surface area contributed by atoms with Crippen molar-refractivity contribution in [1.82, 2.24) is 4.90 Å². The highest BCUT2D eigenvalue weighted by molar-refractivity contribution is 5.95. The minimum Gasteiger partial charge on any atom is -0.460 e. The zero-order valence-electron chi connectivity index (χ0n) is 24.2. The van der Waals surface area contributed by atoms with Gasteiger partial charge in [-0.05, 0) is 72.1 Å². The third-order valence-corrected chi connectivity index (χ3v) is 6.54. The second kappa shape index (κ2) is 14.2. The molecule has 3 aromatic rings. The van der Waals surface area contributed by atoms with E-state index in [4.69, 9.17) is 9.47 Å². The fraction of sp³-hybridized carbons (Fsp3) is 0.344. The van der Waals surface area contributed by atoms with Gasteiger partial charge in [-0.3, -0.25) is 4.79 Å².